The van der Waals surface area contributed by atoms with Crippen molar-refractivity contribution in [1.29, 1.82) is 0 Å². The van der Waals surface area contributed by atoms with E-state index in [0.717, 1.165) is 0 Å². The van der Waals surface area contributed by atoms with Gasteiger partial charge in [0.15, 0.2) is 0 Å². The Morgan fingerprint density at radius 1 is 1.17 bits per heavy atom. The molecular formula is C11H9LiO5S. The molecule has 2 aromatic rings. The predicted octanol–water partition coefficient (Wildman–Crippen LogP) is -1.10. The van der Waals surface area contributed by atoms with Gasteiger partial charge in [-0.25, -0.2) is 4.79 Å². The number of fused-ring (bicyclic) bond motifs is 1. The standard InChI is InChI=1S/C11H8O5S.Li.H/c12-11(13)10-3-1-2-7-6-8(17(14,15)16)4-5-9(7)10;;/h1-6H,(H,12,13)(H,14,15,16);;/q;+1;-1. The summed E-state index contributed by atoms with van der Waals surface area (Å²) in [5.74, 6) is -1.09. The van der Waals surface area contributed by atoms with Gasteiger partial charge in [-0.1, -0.05) is 18.2 Å². The summed E-state index contributed by atoms with van der Waals surface area (Å²) in [6.07, 6.45) is 0. The molecule has 0 unspecified atom stereocenters. The van der Waals surface area contributed by atoms with Crippen molar-refractivity contribution in [2.75, 3.05) is 0 Å². The molecule has 2 rings (SSSR count). The maximum atomic E-state index is 10.9. The molecule has 0 aromatic heterocycles. The summed E-state index contributed by atoms with van der Waals surface area (Å²) < 4.78 is 30.8. The molecule has 0 aliphatic carbocycles. The van der Waals surface area contributed by atoms with Crippen molar-refractivity contribution in [3.63, 3.8) is 0 Å². The molecule has 0 spiro atoms. The SMILES string of the molecule is O=C(O)c1cccc2cc(S(=O)(=O)O)ccc12.[H-].[Li+]. The first kappa shape index (κ1) is 14.7. The Kier molecular flexibility index (Phi) is 4.19. The first-order valence-corrected chi connectivity index (χ1v) is 6.07. The average molecular weight is 260 g/mol. The summed E-state index contributed by atoms with van der Waals surface area (Å²) in [5, 5.41) is 9.81. The number of carbonyl (C=O) groups is 1. The van der Waals surface area contributed by atoms with E-state index >= 15 is 0 Å². The third kappa shape index (κ3) is 2.74. The van der Waals surface area contributed by atoms with Gasteiger partial charge in [0.2, 0.25) is 0 Å². The predicted molar refractivity (Wildman–Crippen MR) is 61.8 cm³/mol. The molecule has 2 aromatic carbocycles. The Morgan fingerprint density at radius 3 is 2.39 bits per heavy atom. The molecule has 5 nitrogen and oxygen atoms in total. The summed E-state index contributed by atoms with van der Waals surface area (Å²) in [4.78, 5) is 10.7. The molecule has 18 heavy (non-hydrogen) atoms. The van der Waals surface area contributed by atoms with Gasteiger partial charge < -0.3 is 6.53 Å². The van der Waals surface area contributed by atoms with Gasteiger partial charge in [0.1, 0.15) is 0 Å². The van der Waals surface area contributed by atoms with Crippen molar-refractivity contribution in [2.24, 2.45) is 0 Å². The molecule has 0 radical (unpaired) electrons. The summed E-state index contributed by atoms with van der Waals surface area (Å²) in [6.45, 7) is 0. The van der Waals surface area contributed by atoms with Crippen molar-refractivity contribution >= 4 is 26.9 Å². The van der Waals surface area contributed by atoms with E-state index in [1.165, 1.54) is 30.3 Å². The van der Waals surface area contributed by atoms with Crippen molar-refractivity contribution in [2.45, 2.75) is 4.90 Å². The van der Waals surface area contributed by atoms with Gasteiger partial charge in [0.05, 0.1) is 10.5 Å². The van der Waals surface area contributed by atoms with Crippen LogP contribution in [-0.2, 0) is 10.1 Å². The number of carboxylic acid groups (broad SMARTS) is 1. The van der Waals surface area contributed by atoms with Crippen LogP contribution in [0.3, 0.4) is 0 Å². The molecule has 0 aliphatic rings. The van der Waals surface area contributed by atoms with Crippen LogP contribution in [0.15, 0.2) is 41.3 Å². The van der Waals surface area contributed by atoms with E-state index in [2.05, 4.69) is 0 Å². The molecule has 7 heteroatoms. The summed E-state index contributed by atoms with van der Waals surface area (Å²) in [6, 6.07) is 8.29. The van der Waals surface area contributed by atoms with Crippen LogP contribution in [0.25, 0.3) is 10.8 Å². The van der Waals surface area contributed by atoms with E-state index in [0.29, 0.717) is 10.8 Å². The monoisotopic (exact) mass is 260 g/mol. The molecule has 2 N–H and O–H groups in total. The quantitative estimate of drug-likeness (QED) is 0.528. The fraction of sp³-hybridized carbons (Fsp3) is 0. The molecule has 0 bridgehead atoms. The zero-order valence-electron chi connectivity index (χ0n) is 10.5. The second kappa shape index (κ2) is 5.12. The van der Waals surface area contributed by atoms with Crippen LogP contribution in [-0.4, -0.2) is 24.0 Å². The van der Waals surface area contributed by atoms with Crippen LogP contribution in [0, 0.1) is 0 Å². The van der Waals surface area contributed by atoms with Gasteiger partial charge in [-0.2, -0.15) is 8.42 Å². The van der Waals surface area contributed by atoms with E-state index in [-0.39, 0.29) is 30.7 Å². The van der Waals surface area contributed by atoms with Gasteiger partial charge >= 0.3 is 24.8 Å². The third-order valence-electron chi connectivity index (χ3n) is 2.38. The van der Waals surface area contributed by atoms with Crippen LogP contribution < -0.4 is 18.9 Å². The van der Waals surface area contributed by atoms with Crippen molar-refractivity contribution in [1.82, 2.24) is 0 Å². The molecule has 0 saturated heterocycles. The van der Waals surface area contributed by atoms with Crippen LogP contribution in [0.4, 0.5) is 0 Å². The Bertz CT molecular complexity index is 714. The minimum absolute atomic E-state index is 0. The van der Waals surface area contributed by atoms with Gasteiger partial charge in [0, 0.05) is 0 Å². The largest absolute Gasteiger partial charge is 1.00 e. The zero-order chi connectivity index (χ0) is 12.6. The number of rotatable bonds is 2. The first-order chi connectivity index (χ1) is 7.89. The Balaban J connectivity index is 0.00000162. The summed E-state index contributed by atoms with van der Waals surface area (Å²) in [7, 11) is -4.27. The molecule has 90 valence electrons. The van der Waals surface area contributed by atoms with E-state index in [4.69, 9.17) is 9.66 Å². The fourth-order valence-electron chi connectivity index (χ4n) is 1.61. The van der Waals surface area contributed by atoms with Crippen molar-refractivity contribution in [3.05, 3.63) is 42.0 Å². The smallest absolute Gasteiger partial charge is 1.00 e. The minimum atomic E-state index is -4.27. The van der Waals surface area contributed by atoms with Crippen molar-refractivity contribution < 1.29 is 43.2 Å². The van der Waals surface area contributed by atoms with Gasteiger partial charge in [0.25, 0.3) is 10.1 Å². The molecule has 0 aliphatic heterocycles. The van der Waals surface area contributed by atoms with E-state index < -0.39 is 16.1 Å². The zero-order valence-corrected chi connectivity index (χ0v) is 10.3. The Morgan fingerprint density at radius 2 is 1.83 bits per heavy atom. The molecular weight excluding hydrogens is 251 g/mol. The maximum absolute atomic E-state index is 10.9. The van der Waals surface area contributed by atoms with Crippen LogP contribution in [0.2, 0.25) is 0 Å². The van der Waals surface area contributed by atoms with E-state index in [1.54, 1.807) is 6.07 Å². The number of aromatic carboxylic acids is 1. The van der Waals surface area contributed by atoms with Crippen LogP contribution in [0.5, 0.6) is 0 Å². The number of hydrogen-bond acceptors (Lipinski definition) is 3. The summed E-state index contributed by atoms with van der Waals surface area (Å²) in [5.41, 5.74) is 0.0874. The van der Waals surface area contributed by atoms with E-state index in [1.807, 2.05) is 0 Å². The second-order valence-corrected chi connectivity index (χ2v) is 4.89. The number of benzene rings is 2. The van der Waals surface area contributed by atoms with Gasteiger partial charge in [-0.15, -0.1) is 0 Å². The molecule has 0 fully saturated rings. The molecule has 0 atom stereocenters. The fourth-order valence-corrected chi connectivity index (χ4v) is 2.12. The van der Waals surface area contributed by atoms with Crippen molar-refractivity contribution in [3.8, 4) is 0 Å². The third-order valence-corrected chi connectivity index (χ3v) is 3.23. The van der Waals surface area contributed by atoms with Crippen LogP contribution in [0.1, 0.15) is 11.8 Å². The number of carboxylic acids is 1. The normalized spacial score (nSPS) is 10.9. The first-order valence-electron chi connectivity index (χ1n) is 4.63. The van der Waals surface area contributed by atoms with E-state index in [9.17, 15) is 13.2 Å². The molecule has 0 heterocycles. The second-order valence-electron chi connectivity index (χ2n) is 3.47. The topological polar surface area (TPSA) is 91.7 Å². The maximum Gasteiger partial charge on any atom is 1.00 e. The Labute approximate surface area is 117 Å². The van der Waals surface area contributed by atoms with Gasteiger partial charge in [-0.3, -0.25) is 4.55 Å². The number of hydrogen-bond donors (Lipinski definition) is 2. The molecule has 0 amide bonds. The Hall–Kier alpha value is -1.32. The molecule has 0 saturated carbocycles. The van der Waals surface area contributed by atoms with Crippen LogP contribution >= 0.6 is 0 Å². The minimum Gasteiger partial charge on any atom is -1.00 e. The summed E-state index contributed by atoms with van der Waals surface area (Å²) >= 11 is 0. The average Bonchev–Trinajstić information content (AvgIpc) is 2.26. The van der Waals surface area contributed by atoms with Gasteiger partial charge in [-0.05, 0) is 29.0 Å².